The second-order valence-electron chi connectivity index (χ2n) is 3.46. The third kappa shape index (κ3) is 3.36. The first-order valence-corrected chi connectivity index (χ1v) is 4.84. The normalized spacial score (nSPS) is 12.5. The van der Waals surface area contributed by atoms with Gasteiger partial charge in [0.25, 0.3) is 0 Å². The predicted octanol–water partition coefficient (Wildman–Crippen LogP) is 2.87. The number of anilines is 2. The number of benzene rings is 1. The van der Waals surface area contributed by atoms with Crippen LogP contribution in [0.15, 0.2) is 24.3 Å². The van der Waals surface area contributed by atoms with Gasteiger partial charge in [-0.1, -0.05) is 13.3 Å². The van der Waals surface area contributed by atoms with Crippen LogP contribution in [0.3, 0.4) is 0 Å². The molecule has 1 atom stereocenters. The number of nitrogens with one attached hydrogen (secondary N) is 1. The van der Waals surface area contributed by atoms with Crippen molar-refractivity contribution < 1.29 is 0 Å². The Morgan fingerprint density at radius 1 is 1.31 bits per heavy atom. The van der Waals surface area contributed by atoms with Gasteiger partial charge in [-0.25, -0.2) is 0 Å². The highest BCUT2D eigenvalue weighted by atomic mass is 14.9. The van der Waals surface area contributed by atoms with Crippen LogP contribution in [0, 0.1) is 0 Å². The summed E-state index contributed by atoms with van der Waals surface area (Å²) < 4.78 is 0. The molecule has 0 bridgehead atoms. The Morgan fingerprint density at radius 3 is 2.46 bits per heavy atom. The number of hydrogen-bond donors (Lipinski definition) is 2. The smallest absolute Gasteiger partial charge is 0.0343 e. The molecule has 1 rings (SSSR count). The molecule has 0 saturated heterocycles. The number of hydrogen-bond acceptors (Lipinski definition) is 2. The maximum atomic E-state index is 5.59. The van der Waals surface area contributed by atoms with Crippen molar-refractivity contribution in [2.24, 2.45) is 0 Å². The fourth-order valence-electron chi connectivity index (χ4n) is 1.37. The second-order valence-corrected chi connectivity index (χ2v) is 3.46. The lowest BCUT2D eigenvalue weighted by Crippen LogP contribution is -2.14. The third-order valence-electron chi connectivity index (χ3n) is 2.05. The lowest BCUT2D eigenvalue weighted by Gasteiger charge is -2.13. The van der Waals surface area contributed by atoms with E-state index in [2.05, 4.69) is 19.2 Å². The summed E-state index contributed by atoms with van der Waals surface area (Å²) in [6, 6.07) is 8.40. The fraction of sp³-hybridized carbons (Fsp3) is 0.455. The molecule has 2 nitrogen and oxygen atoms in total. The fourth-order valence-corrected chi connectivity index (χ4v) is 1.37. The summed E-state index contributed by atoms with van der Waals surface area (Å²) >= 11 is 0. The van der Waals surface area contributed by atoms with E-state index in [-0.39, 0.29) is 0 Å². The molecule has 0 aliphatic heterocycles. The summed E-state index contributed by atoms with van der Waals surface area (Å²) in [6.07, 6.45) is 2.41. The summed E-state index contributed by atoms with van der Waals surface area (Å²) in [5.41, 5.74) is 7.55. The molecule has 1 aromatic rings. The van der Waals surface area contributed by atoms with Crippen LogP contribution in [0.2, 0.25) is 0 Å². The molecule has 0 spiro atoms. The minimum absolute atomic E-state index is 0.536. The lowest BCUT2D eigenvalue weighted by atomic mass is 10.2. The molecule has 0 amide bonds. The summed E-state index contributed by atoms with van der Waals surface area (Å²) in [6.45, 7) is 4.39. The van der Waals surface area contributed by atoms with E-state index >= 15 is 0 Å². The van der Waals surface area contributed by atoms with Crippen LogP contribution >= 0.6 is 0 Å². The van der Waals surface area contributed by atoms with Gasteiger partial charge < -0.3 is 11.1 Å². The molecule has 13 heavy (non-hydrogen) atoms. The zero-order valence-electron chi connectivity index (χ0n) is 8.38. The highest BCUT2D eigenvalue weighted by Gasteiger charge is 1.99. The van der Waals surface area contributed by atoms with E-state index < -0.39 is 0 Å². The molecule has 2 heteroatoms. The van der Waals surface area contributed by atoms with E-state index in [1.165, 1.54) is 12.8 Å². The van der Waals surface area contributed by atoms with Gasteiger partial charge in [0.15, 0.2) is 0 Å². The van der Waals surface area contributed by atoms with Crippen molar-refractivity contribution in [1.82, 2.24) is 0 Å². The van der Waals surface area contributed by atoms with Gasteiger partial charge >= 0.3 is 0 Å². The first kappa shape index (κ1) is 9.90. The Balaban J connectivity index is 2.49. The minimum Gasteiger partial charge on any atom is -0.399 e. The lowest BCUT2D eigenvalue weighted by molar-refractivity contribution is 0.690. The Kier molecular flexibility index (Phi) is 3.62. The van der Waals surface area contributed by atoms with Crippen LogP contribution < -0.4 is 11.1 Å². The average Bonchev–Trinajstić information content (AvgIpc) is 2.09. The zero-order valence-corrected chi connectivity index (χ0v) is 8.38. The van der Waals surface area contributed by atoms with Crippen LogP contribution in [-0.4, -0.2) is 6.04 Å². The molecule has 1 aromatic carbocycles. The molecular weight excluding hydrogens is 160 g/mol. The second kappa shape index (κ2) is 4.75. The molecule has 72 valence electrons. The summed E-state index contributed by atoms with van der Waals surface area (Å²) in [5.74, 6) is 0. The van der Waals surface area contributed by atoms with Crippen LogP contribution in [0.4, 0.5) is 11.4 Å². The Morgan fingerprint density at radius 2 is 1.92 bits per heavy atom. The highest BCUT2D eigenvalue weighted by molar-refractivity contribution is 5.51. The van der Waals surface area contributed by atoms with Gasteiger partial charge in [0.2, 0.25) is 0 Å². The van der Waals surface area contributed by atoms with E-state index in [9.17, 15) is 0 Å². The molecule has 3 N–H and O–H groups in total. The highest BCUT2D eigenvalue weighted by Crippen LogP contribution is 2.12. The topological polar surface area (TPSA) is 38.0 Å². The van der Waals surface area contributed by atoms with Gasteiger partial charge in [-0.3, -0.25) is 0 Å². The van der Waals surface area contributed by atoms with E-state index in [1.54, 1.807) is 0 Å². The average molecular weight is 178 g/mol. The molecule has 0 aliphatic carbocycles. The Bertz CT molecular complexity index is 241. The Hall–Kier alpha value is -1.18. The van der Waals surface area contributed by atoms with Crippen LogP contribution in [0.25, 0.3) is 0 Å². The van der Waals surface area contributed by atoms with E-state index in [1.807, 2.05) is 24.3 Å². The quantitative estimate of drug-likeness (QED) is 0.696. The number of nitrogen functional groups attached to an aromatic ring is 1. The standard InChI is InChI=1S/C11H18N2/c1-3-4-9(2)13-11-7-5-10(12)6-8-11/h5-9,13H,3-4,12H2,1-2H3. The van der Waals surface area contributed by atoms with Crippen LogP contribution in [0.5, 0.6) is 0 Å². The van der Waals surface area contributed by atoms with Gasteiger partial charge in [0.05, 0.1) is 0 Å². The molecule has 0 saturated carbocycles. The van der Waals surface area contributed by atoms with Crippen molar-refractivity contribution in [1.29, 1.82) is 0 Å². The van der Waals surface area contributed by atoms with Crippen LogP contribution in [-0.2, 0) is 0 Å². The van der Waals surface area contributed by atoms with Gasteiger partial charge in [-0.2, -0.15) is 0 Å². The molecule has 1 unspecified atom stereocenters. The maximum Gasteiger partial charge on any atom is 0.0343 e. The SMILES string of the molecule is CCCC(C)Nc1ccc(N)cc1. The third-order valence-corrected chi connectivity index (χ3v) is 2.05. The number of rotatable bonds is 4. The van der Waals surface area contributed by atoms with Crippen molar-refractivity contribution in [3.8, 4) is 0 Å². The van der Waals surface area contributed by atoms with Crippen molar-refractivity contribution in [2.75, 3.05) is 11.1 Å². The Labute approximate surface area is 80.1 Å². The largest absolute Gasteiger partial charge is 0.399 e. The van der Waals surface area contributed by atoms with Crippen molar-refractivity contribution in [3.63, 3.8) is 0 Å². The maximum absolute atomic E-state index is 5.59. The summed E-state index contributed by atoms with van der Waals surface area (Å²) in [4.78, 5) is 0. The van der Waals surface area contributed by atoms with Gasteiger partial charge in [-0.05, 0) is 37.6 Å². The molecule has 0 aliphatic rings. The van der Waals surface area contributed by atoms with Crippen molar-refractivity contribution in [2.45, 2.75) is 32.7 Å². The van der Waals surface area contributed by atoms with Gasteiger partial charge in [-0.15, -0.1) is 0 Å². The molecular formula is C11H18N2. The van der Waals surface area contributed by atoms with Crippen molar-refractivity contribution in [3.05, 3.63) is 24.3 Å². The predicted molar refractivity (Wildman–Crippen MR) is 58.8 cm³/mol. The minimum atomic E-state index is 0.536. The molecule has 0 aromatic heterocycles. The molecule has 0 fully saturated rings. The van der Waals surface area contributed by atoms with E-state index in [0.717, 1.165) is 11.4 Å². The van der Waals surface area contributed by atoms with Crippen molar-refractivity contribution >= 4 is 11.4 Å². The van der Waals surface area contributed by atoms with Gasteiger partial charge in [0.1, 0.15) is 0 Å². The summed E-state index contributed by atoms with van der Waals surface area (Å²) in [5, 5.41) is 3.41. The van der Waals surface area contributed by atoms with E-state index in [0.29, 0.717) is 6.04 Å². The molecule has 0 heterocycles. The number of nitrogens with two attached hydrogens (primary N) is 1. The molecule has 0 radical (unpaired) electrons. The summed E-state index contributed by atoms with van der Waals surface area (Å²) in [7, 11) is 0. The van der Waals surface area contributed by atoms with Gasteiger partial charge in [0, 0.05) is 17.4 Å². The first-order chi connectivity index (χ1) is 6.22. The van der Waals surface area contributed by atoms with Crippen LogP contribution in [0.1, 0.15) is 26.7 Å². The monoisotopic (exact) mass is 178 g/mol. The first-order valence-electron chi connectivity index (χ1n) is 4.84. The van der Waals surface area contributed by atoms with E-state index in [4.69, 9.17) is 5.73 Å². The zero-order chi connectivity index (χ0) is 9.68.